The number of carbonyl (C=O) groups excluding carboxylic acids is 1. The number of benzene rings is 3. The van der Waals surface area contributed by atoms with Crippen LogP contribution in [0.5, 0.6) is 11.5 Å². The summed E-state index contributed by atoms with van der Waals surface area (Å²) in [5, 5.41) is 12.3. The van der Waals surface area contributed by atoms with E-state index in [4.69, 9.17) is 9.47 Å². The molecular formula is C26H22BrIN2O3. The van der Waals surface area contributed by atoms with Crippen molar-refractivity contribution in [3.8, 4) is 17.6 Å². The molecule has 33 heavy (non-hydrogen) atoms. The van der Waals surface area contributed by atoms with Gasteiger partial charge >= 0.3 is 0 Å². The van der Waals surface area contributed by atoms with Crippen LogP contribution in [-0.2, 0) is 17.9 Å². The van der Waals surface area contributed by atoms with Crippen molar-refractivity contribution >= 4 is 50.5 Å². The van der Waals surface area contributed by atoms with Crippen LogP contribution in [0.3, 0.4) is 0 Å². The van der Waals surface area contributed by atoms with Gasteiger partial charge in [0, 0.05) is 11.0 Å². The minimum Gasteiger partial charge on any atom is -0.490 e. The van der Waals surface area contributed by atoms with Crippen molar-refractivity contribution in [2.45, 2.75) is 20.1 Å². The predicted molar refractivity (Wildman–Crippen MR) is 141 cm³/mol. The maximum absolute atomic E-state index is 12.5. The molecule has 3 rings (SSSR count). The summed E-state index contributed by atoms with van der Waals surface area (Å²) in [4.78, 5) is 12.5. The fourth-order valence-electron chi connectivity index (χ4n) is 3.00. The zero-order valence-electron chi connectivity index (χ0n) is 18.0. The van der Waals surface area contributed by atoms with Crippen LogP contribution >= 0.6 is 38.5 Å². The van der Waals surface area contributed by atoms with E-state index in [2.05, 4.69) is 43.8 Å². The molecular weight excluding hydrogens is 595 g/mol. The van der Waals surface area contributed by atoms with Gasteiger partial charge in [0.15, 0.2) is 11.5 Å². The van der Waals surface area contributed by atoms with Crippen LogP contribution in [0.15, 0.2) is 76.8 Å². The molecule has 0 aliphatic carbocycles. The second kappa shape index (κ2) is 12.4. The van der Waals surface area contributed by atoms with Gasteiger partial charge in [-0.25, -0.2) is 0 Å². The summed E-state index contributed by atoms with van der Waals surface area (Å²) in [6.07, 6.45) is 1.56. The van der Waals surface area contributed by atoms with E-state index in [1.54, 1.807) is 12.1 Å². The van der Waals surface area contributed by atoms with Crippen LogP contribution in [0.2, 0.25) is 0 Å². The van der Waals surface area contributed by atoms with E-state index in [1.165, 1.54) is 0 Å². The van der Waals surface area contributed by atoms with Crippen molar-refractivity contribution in [1.29, 1.82) is 5.26 Å². The maximum atomic E-state index is 12.5. The second-order valence-electron chi connectivity index (χ2n) is 7.02. The molecule has 0 atom stereocenters. The summed E-state index contributed by atoms with van der Waals surface area (Å²) >= 11 is 5.61. The standard InChI is InChI=1S/C26H22BrIN2O3/c1-2-32-24-14-20(12-21(15-29)26(31)30-16-18-6-4-3-5-7-18)13-23(28)25(24)33-17-19-8-10-22(27)11-9-19/h3-14H,2,16-17H2,1H3,(H,30,31)/b21-12+. The van der Waals surface area contributed by atoms with Crippen molar-refractivity contribution in [3.63, 3.8) is 0 Å². The van der Waals surface area contributed by atoms with Crippen molar-refractivity contribution in [2.24, 2.45) is 0 Å². The number of carbonyl (C=O) groups is 1. The normalized spacial score (nSPS) is 10.9. The lowest BCUT2D eigenvalue weighted by Gasteiger charge is -2.15. The van der Waals surface area contributed by atoms with E-state index in [-0.39, 0.29) is 5.57 Å². The molecule has 1 amide bonds. The Labute approximate surface area is 215 Å². The quantitative estimate of drug-likeness (QED) is 0.175. The summed E-state index contributed by atoms with van der Waals surface area (Å²) in [5.41, 5.74) is 2.70. The van der Waals surface area contributed by atoms with Gasteiger partial charge in [0.2, 0.25) is 0 Å². The van der Waals surface area contributed by atoms with Crippen LogP contribution in [0.1, 0.15) is 23.6 Å². The number of hydrogen-bond acceptors (Lipinski definition) is 4. The van der Waals surface area contributed by atoms with E-state index in [0.29, 0.717) is 36.8 Å². The number of hydrogen-bond donors (Lipinski definition) is 1. The summed E-state index contributed by atoms with van der Waals surface area (Å²) in [7, 11) is 0. The molecule has 0 saturated carbocycles. The Balaban J connectivity index is 1.78. The third-order valence-corrected chi connectivity index (χ3v) is 5.93. The third kappa shape index (κ3) is 7.34. The lowest BCUT2D eigenvalue weighted by Crippen LogP contribution is -2.23. The van der Waals surface area contributed by atoms with Gasteiger partial charge in [-0.3, -0.25) is 4.79 Å². The fourth-order valence-corrected chi connectivity index (χ4v) is 4.04. The second-order valence-corrected chi connectivity index (χ2v) is 9.09. The maximum Gasteiger partial charge on any atom is 0.262 e. The van der Waals surface area contributed by atoms with Crippen LogP contribution < -0.4 is 14.8 Å². The average molecular weight is 617 g/mol. The molecule has 5 nitrogen and oxygen atoms in total. The topological polar surface area (TPSA) is 71.3 Å². The molecule has 0 unspecified atom stereocenters. The highest BCUT2D eigenvalue weighted by Gasteiger charge is 2.14. The van der Waals surface area contributed by atoms with Crippen molar-refractivity contribution < 1.29 is 14.3 Å². The molecule has 1 N–H and O–H groups in total. The summed E-state index contributed by atoms with van der Waals surface area (Å²) in [6.45, 7) is 3.10. The van der Waals surface area contributed by atoms with E-state index in [1.807, 2.05) is 73.7 Å². The molecule has 0 aromatic heterocycles. The fraction of sp³-hybridized carbons (Fsp3) is 0.154. The summed E-state index contributed by atoms with van der Waals surface area (Å²) < 4.78 is 13.7. The predicted octanol–water partition coefficient (Wildman–Crippen LogP) is 6.25. The molecule has 0 spiro atoms. The molecule has 0 aliphatic heterocycles. The minimum absolute atomic E-state index is 0.0210. The largest absolute Gasteiger partial charge is 0.490 e. The number of nitrogens with zero attached hydrogens (tertiary/aromatic N) is 1. The lowest BCUT2D eigenvalue weighted by molar-refractivity contribution is -0.117. The highest BCUT2D eigenvalue weighted by Crippen LogP contribution is 2.35. The Morgan fingerprint density at radius 2 is 1.82 bits per heavy atom. The molecule has 7 heteroatoms. The van der Waals surface area contributed by atoms with Gasteiger partial charge in [-0.1, -0.05) is 58.4 Å². The number of nitriles is 1. The molecule has 0 fully saturated rings. The first-order valence-corrected chi connectivity index (χ1v) is 12.1. The average Bonchev–Trinajstić information content (AvgIpc) is 2.82. The molecule has 0 bridgehead atoms. The highest BCUT2D eigenvalue weighted by molar-refractivity contribution is 14.1. The first-order chi connectivity index (χ1) is 16.0. The number of amides is 1. The Hall–Kier alpha value is -2.83. The minimum atomic E-state index is -0.426. The van der Waals surface area contributed by atoms with Crippen LogP contribution in [-0.4, -0.2) is 12.5 Å². The Kier molecular flexibility index (Phi) is 9.34. The van der Waals surface area contributed by atoms with Gasteiger partial charge in [0.05, 0.1) is 10.2 Å². The zero-order chi connectivity index (χ0) is 23.6. The van der Waals surface area contributed by atoms with E-state index < -0.39 is 5.91 Å². The van der Waals surface area contributed by atoms with Crippen molar-refractivity contribution in [3.05, 3.63) is 97.0 Å². The lowest BCUT2D eigenvalue weighted by atomic mass is 10.1. The van der Waals surface area contributed by atoms with Gasteiger partial charge in [0.1, 0.15) is 18.2 Å². The molecule has 168 valence electrons. The van der Waals surface area contributed by atoms with Gasteiger partial charge in [-0.2, -0.15) is 5.26 Å². The van der Waals surface area contributed by atoms with Crippen LogP contribution in [0.25, 0.3) is 6.08 Å². The van der Waals surface area contributed by atoms with E-state index >= 15 is 0 Å². The number of halogens is 2. The number of ether oxygens (including phenoxy) is 2. The Morgan fingerprint density at radius 3 is 2.48 bits per heavy atom. The monoisotopic (exact) mass is 616 g/mol. The highest BCUT2D eigenvalue weighted by atomic mass is 127. The SMILES string of the molecule is CCOc1cc(/C=C(\C#N)C(=O)NCc2ccccc2)cc(I)c1OCc1ccc(Br)cc1. The smallest absolute Gasteiger partial charge is 0.262 e. The number of nitrogens with one attached hydrogen (secondary N) is 1. The van der Waals surface area contributed by atoms with Crippen LogP contribution in [0, 0.1) is 14.9 Å². The van der Waals surface area contributed by atoms with E-state index in [0.717, 1.165) is 19.2 Å². The van der Waals surface area contributed by atoms with Gasteiger partial charge in [-0.05, 0) is 76.5 Å². The number of rotatable bonds is 9. The summed E-state index contributed by atoms with van der Waals surface area (Å²) in [5.74, 6) is 0.768. The zero-order valence-corrected chi connectivity index (χ0v) is 21.7. The van der Waals surface area contributed by atoms with Crippen LogP contribution in [0.4, 0.5) is 0 Å². The van der Waals surface area contributed by atoms with Gasteiger partial charge in [0.25, 0.3) is 5.91 Å². The molecule has 0 saturated heterocycles. The first-order valence-electron chi connectivity index (χ1n) is 10.3. The summed E-state index contributed by atoms with van der Waals surface area (Å²) in [6, 6.07) is 23.1. The molecule has 3 aromatic carbocycles. The van der Waals surface area contributed by atoms with Gasteiger partial charge < -0.3 is 14.8 Å². The Morgan fingerprint density at radius 1 is 1.09 bits per heavy atom. The molecule has 0 radical (unpaired) electrons. The van der Waals surface area contributed by atoms with Crippen molar-refractivity contribution in [1.82, 2.24) is 5.32 Å². The molecule has 0 aliphatic rings. The van der Waals surface area contributed by atoms with Crippen molar-refractivity contribution in [2.75, 3.05) is 6.61 Å². The third-order valence-electron chi connectivity index (χ3n) is 4.60. The van der Waals surface area contributed by atoms with E-state index in [9.17, 15) is 10.1 Å². The first kappa shape index (κ1) is 24.8. The Bertz CT molecular complexity index is 1170. The molecule has 3 aromatic rings. The molecule has 0 heterocycles. The van der Waals surface area contributed by atoms with Gasteiger partial charge in [-0.15, -0.1) is 0 Å².